The van der Waals surface area contributed by atoms with Gasteiger partial charge >= 0.3 is 0 Å². The minimum atomic E-state index is -0.0272. The lowest BCUT2D eigenvalue weighted by Crippen LogP contribution is -2.28. The maximum atomic E-state index is 5.60. The molecule has 0 aliphatic carbocycles. The van der Waals surface area contributed by atoms with Crippen LogP contribution in [0.5, 0.6) is 0 Å². The molecule has 4 nitrogen and oxygen atoms in total. The molecule has 2 aromatic rings. The highest BCUT2D eigenvalue weighted by atomic mass is 32.1. The van der Waals surface area contributed by atoms with Crippen LogP contribution in [0.15, 0.2) is 24.3 Å². The average Bonchev–Trinajstić information content (AvgIpc) is 2.69. The molecule has 0 spiro atoms. The molecule has 1 atom stereocenters. The van der Waals surface area contributed by atoms with Gasteiger partial charge in [-0.25, -0.2) is 5.43 Å². The first kappa shape index (κ1) is 11.2. The Labute approximate surface area is 98.6 Å². The molecular weight excluding hydrogens is 220 g/mol. The third kappa shape index (κ3) is 2.11. The van der Waals surface area contributed by atoms with Crippen molar-refractivity contribution in [3.8, 4) is 0 Å². The molecule has 0 radical (unpaired) electrons. The van der Waals surface area contributed by atoms with Crippen molar-refractivity contribution < 1.29 is 0 Å². The maximum absolute atomic E-state index is 5.60. The number of hydrogen-bond acceptors (Lipinski definition) is 5. The fraction of sp³-hybridized carbons (Fsp3) is 0.273. The molecule has 0 saturated carbocycles. The molecule has 1 unspecified atom stereocenters. The number of benzene rings is 1. The normalized spacial score (nSPS) is 12.7. The van der Waals surface area contributed by atoms with E-state index in [1.54, 1.807) is 0 Å². The van der Waals surface area contributed by atoms with E-state index in [1.165, 1.54) is 17.1 Å². The van der Waals surface area contributed by atoms with Gasteiger partial charge in [-0.05, 0) is 30.9 Å². The lowest BCUT2D eigenvalue weighted by molar-refractivity contribution is 0.642. The lowest BCUT2D eigenvalue weighted by Gasteiger charge is -2.14. The fourth-order valence-corrected chi connectivity index (χ4v) is 2.32. The quantitative estimate of drug-likeness (QED) is 0.627. The zero-order valence-corrected chi connectivity index (χ0v) is 10.1. The Morgan fingerprint density at radius 3 is 2.44 bits per heavy atom. The van der Waals surface area contributed by atoms with Crippen LogP contribution in [-0.2, 0) is 0 Å². The van der Waals surface area contributed by atoms with Crippen LogP contribution in [0.2, 0.25) is 0 Å². The van der Waals surface area contributed by atoms with Gasteiger partial charge in [0.05, 0.1) is 16.6 Å². The van der Waals surface area contributed by atoms with Crippen molar-refractivity contribution in [3.63, 3.8) is 0 Å². The number of aromatic nitrogens is 2. The highest BCUT2D eigenvalue weighted by Crippen LogP contribution is 2.25. The summed E-state index contributed by atoms with van der Waals surface area (Å²) in [6, 6.07) is 8.26. The predicted octanol–water partition coefficient (Wildman–Crippen LogP) is 1.71. The second kappa shape index (κ2) is 4.69. The van der Waals surface area contributed by atoms with Crippen LogP contribution in [0.4, 0.5) is 0 Å². The molecule has 1 heterocycles. The summed E-state index contributed by atoms with van der Waals surface area (Å²) < 4.78 is 3.93. The molecule has 1 aromatic carbocycles. The summed E-state index contributed by atoms with van der Waals surface area (Å²) in [6.45, 7) is 4.01. The van der Waals surface area contributed by atoms with Crippen LogP contribution in [0.3, 0.4) is 0 Å². The lowest BCUT2D eigenvalue weighted by atomic mass is 10.0. The molecule has 0 bridgehead atoms. The van der Waals surface area contributed by atoms with E-state index in [2.05, 4.69) is 46.2 Å². The molecule has 0 fully saturated rings. The van der Waals surface area contributed by atoms with Crippen LogP contribution < -0.4 is 11.3 Å². The first-order valence-corrected chi connectivity index (χ1v) is 5.81. The first-order valence-electron chi connectivity index (χ1n) is 5.04. The Morgan fingerprint density at radius 2 is 1.94 bits per heavy atom. The largest absolute Gasteiger partial charge is 0.271 e. The van der Waals surface area contributed by atoms with Gasteiger partial charge in [-0.15, -0.1) is 5.10 Å². The number of nitrogens with zero attached hydrogens (tertiary/aromatic N) is 2. The maximum Gasteiger partial charge on any atom is 0.0837 e. The summed E-state index contributed by atoms with van der Waals surface area (Å²) >= 11 is 1.38. The van der Waals surface area contributed by atoms with E-state index >= 15 is 0 Å². The van der Waals surface area contributed by atoms with Gasteiger partial charge in [0, 0.05) is 0 Å². The second-order valence-electron chi connectivity index (χ2n) is 3.73. The Balaban J connectivity index is 2.37. The van der Waals surface area contributed by atoms with Crippen molar-refractivity contribution in [2.45, 2.75) is 19.9 Å². The van der Waals surface area contributed by atoms with Crippen molar-refractivity contribution in [1.29, 1.82) is 0 Å². The van der Waals surface area contributed by atoms with E-state index in [0.717, 1.165) is 16.1 Å². The second-order valence-corrected chi connectivity index (χ2v) is 4.52. The van der Waals surface area contributed by atoms with Crippen molar-refractivity contribution in [3.05, 3.63) is 46.0 Å². The minimum Gasteiger partial charge on any atom is -0.271 e. The van der Waals surface area contributed by atoms with Crippen LogP contribution in [-0.4, -0.2) is 9.59 Å². The summed E-state index contributed by atoms with van der Waals surface area (Å²) in [5.41, 5.74) is 6.10. The number of hydrazine groups is 1. The van der Waals surface area contributed by atoms with Crippen LogP contribution in [0.25, 0.3) is 0 Å². The Hall–Kier alpha value is -1.30. The van der Waals surface area contributed by atoms with Gasteiger partial charge in [0.2, 0.25) is 0 Å². The van der Waals surface area contributed by atoms with Crippen molar-refractivity contribution in [1.82, 2.24) is 15.0 Å². The van der Waals surface area contributed by atoms with E-state index in [1.807, 2.05) is 6.92 Å². The monoisotopic (exact) mass is 234 g/mol. The van der Waals surface area contributed by atoms with Gasteiger partial charge in [0.15, 0.2) is 0 Å². The molecule has 16 heavy (non-hydrogen) atoms. The Morgan fingerprint density at radius 1 is 1.25 bits per heavy atom. The number of rotatable bonds is 3. The van der Waals surface area contributed by atoms with E-state index in [0.29, 0.717) is 0 Å². The molecule has 84 valence electrons. The SMILES string of the molecule is Cc1ccc(C(NN)c2snnc2C)cc1. The molecule has 5 heteroatoms. The topological polar surface area (TPSA) is 63.8 Å². The van der Waals surface area contributed by atoms with Gasteiger partial charge < -0.3 is 0 Å². The number of hydrogen-bond donors (Lipinski definition) is 2. The van der Waals surface area contributed by atoms with Crippen LogP contribution in [0.1, 0.15) is 27.7 Å². The molecule has 0 aliphatic heterocycles. The van der Waals surface area contributed by atoms with Crippen molar-refractivity contribution >= 4 is 11.5 Å². The number of nitrogens with two attached hydrogens (primary N) is 1. The van der Waals surface area contributed by atoms with Gasteiger partial charge in [-0.1, -0.05) is 34.3 Å². The number of aryl methyl sites for hydroxylation is 2. The zero-order valence-electron chi connectivity index (χ0n) is 9.27. The molecule has 3 N–H and O–H groups in total. The first-order chi connectivity index (χ1) is 7.72. The Kier molecular flexibility index (Phi) is 3.28. The average molecular weight is 234 g/mol. The highest BCUT2D eigenvalue weighted by molar-refractivity contribution is 7.05. The molecular formula is C11H14N4S. The van der Waals surface area contributed by atoms with E-state index < -0.39 is 0 Å². The summed E-state index contributed by atoms with van der Waals surface area (Å²) in [7, 11) is 0. The Bertz CT molecular complexity index is 463. The van der Waals surface area contributed by atoms with E-state index in [4.69, 9.17) is 5.84 Å². The summed E-state index contributed by atoms with van der Waals surface area (Å²) in [4.78, 5) is 1.06. The highest BCUT2D eigenvalue weighted by Gasteiger charge is 2.17. The number of nitrogens with one attached hydrogen (secondary N) is 1. The van der Waals surface area contributed by atoms with Crippen molar-refractivity contribution in [2.75, 3.05) is 0 Å². The summed E-state index contributed by atoms with van der Waals surface area (Å²) in [5.74, 6) is 5.60. The van der Waals surface area contributed by atoms with Crippen LogP contribution >= 0.6 is 11.5 Å². The van der Waals surface area contributed by atoms with E-state index in [9.17, 15) is 0 Å². The predicted molar refractivity (Wildman–Crippen MR) is 65.0 cm³/mol. The minimum absolute atomic E-state index is 0.0272. The van der Waals surface area contributed by atoms with Gasteiger partial charge in [0.25, 0.3) is 0 Å². The molecule has 2 rings (SSSR count). The van der Waals surface area contributed by atoms with Gasteiger partial charge in [-0.2, -0.15) is 0 Å². The molecule has 0 amide bonds. The summed E-state index contributed by atoms with van der Waals surface area (Å²) in [5, 5.41) is 4.00. The van der Waals surface area contributed by atoms with Crippen LogP contribution in [0, 0.1) is 13.8 Å². The smallest absolute Gasteiger partial charge is 0.0837 e. The third-order valence-corrected chi connectivity index (χ3v) is 3.42. The van der Waals surface area contributed by atoms with Gasteiger partial charge in [-0.3, -0.25) is 5.84 Å². The molecule has 0 saturated heterocycles. The molecule has 0 aliphatic rings. The van der Waals surface area contributed by atoms with E-state index in [-0.39, 0.29) is 6.04 Å². The standard InChI is InChI=1S/C11H14N4S/c1-7-3-5-9(6-4-7)10(13-12)11-8(2)14-15-16-11/h3-6,10,13H,12H2,1-2H3. The van der Waals surface area contributed by atoms with Crippen molar-refractivity contribution in [2.24, 2.45) is 5.84 Å². The fourth-order valence-electron chi connectivity index (χ4n) is 1.58. The zero-order chi connectivity index (χ0) is 11.5. The van der Waals surface area contributed by atoms with Gasteiger partial charge in [0.1, 0.15) is 0 Å². The summed E-state index contributed by atoms with van der Waals surface area (Å²) in [6.07, 6.45) is 0. The molecule has 1 aromatic heterocycles. The third-order valence-electron chi connectivity index (χ3n) is 2.53.